The zero-order valence-corrected chi connectivity index (χ0v) is 32.6. The highest BCUT2D eigenvalue weighted by Gasteiger charge is 1.98. The molecule has 0 radical (unpaired) electrons. The van der Waals surface area contributed by atoms with Gasteiger partial charge in [-0.05, 0) is 12.8 Å². The van der Waals surface area contributed by atoms with Crippen LogP contribution < -0.4 is 0 Å². The van der Waals surface area contributed by atoms with E-state index in [2.05, 4.69) is 13.8 Å². The molecule has 0 aliphatic rings. The van der Waals surface area contributed by atoms with E-state index in [9.17, 15) is 9.59 Å². The standard InChI is InChI=1S/2C16H32O2.C3H8O3.2C2H4O2/c2*1-2-3-4-5-6-7-8-9-10-11-12-13-14-15-16(17)18;4-1-3(6)2-5;2*1-2(3)4/h2*2-15H2,1H3,(H,17,18);3-6H,1-2H2;2*1H3,(H,3,4). The second-order valence-electron chi connectivity index (χ2n) is 12.8. The van der Waals surface area contributed by atoms with Crippen LogP contribution in [0, 0.1) is 0 Å². The summed E-state index contributed by atoms with van der Waals surface area (Å²) in [6.45, 7) is 5.96. The van der Waals surface area contributed by atoms with E-state index in [4.69, 9.17) is 45.3 Å². The van der Waals surface area contributed by atoms with Gasteiger partial charge in [-0.25, -0.2) is 0 Å². The lowest BCUT2D eigenvalue weighted by Gasteiger charge is -2.02. The van der Waals surface area contributed by atoms with E-state index in [1.807, 2.05) is 0 Å². The van der Waals surface area contributed by atoms with Crippen molar-refractivity contribution in [3.8, 4) is 0 Å². The van der Waals surface area contributed by atoms with Crippen molar-refractivity contribution in [3.63, 3.8) is 0 Å². The monoisotopic (exact) mass is 725 g/mol. The summed E-state index contributed by atoms with van der Waals surface area (Å²) in [5.41, 5.74) is 0. The van der Waals surface area contributed by atoms with Crippen LogP contribution in [0.2, 0.25) is 0 Å². The molecule has 50 heavy (non-hydrogen) atoms. The van der Waals surface area contributed by atoms with Gasteiger partial charge in [0.2, 0.25) is 0 Å². The molecule has 0 saturated heterocycles. The zero-order chi connectivity index (χ0) is 39.1. The number of hydrogen-bond donors (Lipinski definition) is 7. The number of aliphatic carboxylic acids is 4. The van der Waals surface area contributed by atoms with Crippen LogP contribution in [0.5, 0.6) is 0 Å². The van der Waals surface area contributed by atoms with Crippen LogP contribution in [-0.4, -0.2) is 78.9 Å². The molecule has 0 aromatic carbocycles. The van der Waals surface area contributed by atoms with Gasteiger partial charge in [-0.2, -0.15) is 0 Å². The van der Waals surface area contributed by atoms with Gasteiger partial charge < -0.3 is 35.7 Å². The van der Waals surface area contributed by atoms with Crippen LogP contribution in [0.4, 0.5) is 0 Å². The highest BCUT2D eigenvalue weighted by molar-refractivity contribution is 5.66. The molecule has 0 aromatic rings. The SMILES string of the molecule is CC(=O)O.CC(=O)O.CCCCCCCCCCCCCCCC(=O)O.CCCCCCCCCCCCCCCC(=O)O.OCC(O)CO. The Morgan fingerprint density at radius 1 is 0.380 bits per heavy atom. The van der Waals surface area contributed by atoms with Gasteiger partial charge in [0.15, 0.2) is 0 Å². The van der Waals surface area contributed by atoms with Crippen molar-refractivity contribution in [1.29, 1.82) is 0 Å². The molecule has 0 unspecified atom stereocenters. The lowest BCUT2D eigenvalue weighted by Crippen LogP contribution is -2.15. The van der Waals surface area contributed by atoms with Gasteiger partial charge in [-0.15, -0.1) is 0 Å². The summed E-state index contributed by atoms with van der Waals surface area (Å²) < 4.78 is 0. The molecule has 7 N–H and O–H groups in total. The third-order valence-corrected chi connectivity index (χ3v) is 7.41. The summed E-state index contributed by atoms with van der Waals surface area (Å²) in [6.07, 6.45) is 33.6. The molecule has 0 heterocycles. The molecule has 0 aliphatic heterocycles. The minimum absolute atomic E-state index is 0.345. The highest BCUT2D eigenvalue weighted by Crippen LogP contribution is 2.14. The van der Waals surface area contributed by atoms with E-state index < -0.39 is 30.0 Å². The Morgan fingerprint density at radius 2 is 0.540 bits per heavy atom. The Hall–Kier alpha value is -2.24. The van der Waals surface area contributed by atoms with Crippen LogP contribution in [0.3, 0.4) is 0 Å². The van der Waals surface area contributed by atoms with E-state index in [0.717, 1.165) is 39.5 Å². The average Bonchev–Trinajstić information content (AvgIpc) is 3.05. The largest absolute Gasteiger partial charge is 0.481 e. The van der Waals surface area contributed by atoms with Crippen molar-refractivity contribution < 1.29 is 54.9 Å². The number of carboxylic acid groups (broad SMARTS) is 4. The van der Waals surface area contributed by atoms with Crippen LogP contribution >= 0.6 is 0 Å². The molecule has 0 fully saturated rings. The van der Waals surface area contributed by atoms with Crippen molar-refractivity contribution in [2.24, 2.45) is 0 Å². The van der Waals surface area contributed by atoms with Gasteiger partial charge in [-0.3, -0.25) is 19.2 Å². The van der Waals surface area contributed by atoms with Crippen LogP contribution in [0.25, 0.3) is 0 Å². The van der Waals surface area contributed by atoms with Crippen molar-refractivity contribution in [1.82, 2.24) is 0 Å². The first-order chi connectivity index (χ1) is 23.8. The lowest BCUT2D eigenvalue weighted by atomic mass is 10.0. The summed E-state index contributed by atoms with van der Waals surface area (Å²) in [7, 11) is 0. The van der Waals surface area contributed by atoms with E-state index in [1.54, 1.807) is 0 Å². The fraction of sp³-hybridized carbons (Fsp3) is 0.897. The van der Waals surface area contributed by atoms with Crippen LogP contribution in [0.1, 0.15) is 207 Å². The third kappa shape index (κ3) is 90.9. The molecule has 0 atom stereocenters. The Balaban J connectivity index is -0.000000196. The van der Waals surface area contributed by atoms with Crippen molar-refractivity contribution in [2.45, 2.75) is 214 Å². The van der Waals surface area contributed by atoms with Gasteiger partial charge in [0.25, 0.3) is 11.9 Å². The molecule has 0 saturated carbocycles. The van der Waals surface area contributed by atoms with E-state index in [-0.39, 0.29) is 13.2 Å². The molecule has 0 aromatic heterocycles. The van der Waals surface area contributed by atoms with Crippen molar-refractivity contribution in [3.05, 3.63) is 0 Å². The number of unbranched alkanes of at least 4 members (excludes halogenated alkanes) is 24. The molecule has 0 spiro atoms. The maximum Gasteiger partial charge on any atom is 0.303 e. The molecule has 0 aliphatic carbocycles. The minimum Gasteiger partial charge on any atom is -0.481 e. The summed E-state index contributed by atoms with van der Waals surface area (Å²) in [5, 5.41) is 55.8. The highest BCUT2D eigenvalue weighted by atomic mass is 16.4. The average molecular weight is 725 g/mol. The molecular weight excluding hydrogens is 644 g/mol. The van der Waals surface area contributed by atoms with Gasteiger partial charge in [0.05, 0.1) is 13.2 Å². The number of carboxylic acids is 4. The third-order valence-electron chi connectivity index (χ3n) is 7.41. The van der Waals surface area contributed by atoms with Gasteiger partial charge >= 0.3 is 11.9 Å². The fourth-order valence-electron chi connectivity index (χ4n) is 4.65. The predicted octanol–water partition coefficient (Wildman–Crippen LogP) is 9.62. The first-order valence-corrected chi connectivity index (χ1v) is 19.5. The summed E-state index contributed by atoms with van der Waals surface area (Å²) in [6, 6.07) is 0. The van der Waals surface area contributed by atoms with Gasteiger partial charge in [-0.1, -0.05) is 168 Å². The zero-order valence-electron chi connectivity index (χ0n) is 32.6. The number of hydrogen-bond acceptors (Lipinski definition) is 7. The molecule has 0 rings (SSSR count). The maximum absolute atomic E-state index is 10.3. The number of carbonyl (C=O) groups is 4. The Bertz CT molecular complexity index is 623. The summed E-state index contributed by atoms with van der Waals surface area (Å²) in [5.74, 6) is -2.98. The van der Waals surface area contributed by atoms with Crippen molar-refractivity contribution in [2.75, 3.05) is 13.2 Å². The molecule has 302 valence electrons. The molecule has 0 bridgehead atoms. The fourth-order valence-corrected chi connectivity index (χ4v) is 4.65. The Morgan fingerprint density at radius 3 is 0.660 bits per heavy atom. The second-order valence-corrected chi connectivity index (χ2v) is 12.8. The Kier molecular flexibility index (Phi) is 61.2. The normalized spacial score (nSPS) is 9.92. The van der Waals surface area contributed by atoms with Crippen LogP contribution in [0.15, 0.2) is 0 Å². The maximum atomic E-state index is 10.3. The second kappa shape index (κ2) is 53.6. The molecule has 0 amide bonds. The van der Waals surface area contributed by atoms with E-state index in [1.165, 1.54) is 141 Å². The predicted molar refractivity (Wildman–Crippen MR) is 203 cm³/mol. The Labute approximate surface area is 305 Å². The van der Waals surface area contributed by atoms with E-state index >= 15 is 0 Å². The first-order valence-electron chi connectivity index (χ1n) is 19.5. The van der Waals surface area contributed by atoms with Crippen molar-refractivity contribution >= 4 is 23.9 Å². The number of aliphatic hydroxyl groups is 3. The van der Waals surface area contributed by atoms with E-state index in [0.29, 0.717) is 12.8 Å². The topological polar surface area (TPSA) is 210 Å². The number of rotatable bonds is 30. The van der Waals surface area contributed by atoms with Gasteiger partial charge in [0, 0.05) is 26.7 Å². The number of aliphatic hydroxyl groups excluding tert-OH is 3. The summed E-state index contributed by atoms with van der Waals surface area (Å²) >= 11 is 0. The van der Waals surface area contributed by atoms with Gasteiger partial charge in [0.1, 0.15) is 6.10 Å². The minimum atomic E-state index is -0.954. The smallest absolute Gasteiger partial charge is 0.303 e. The quantitative estimate of drug-likeness (QED) is 0.0347. The summed E-state index contributed by atoms with van der Waals surface area (Å²) in [4.78, 5) is 38.6. The molecule has 11 heteroatoms. The van der Waals surface area contributed by atoms with Crippen LogP contribution in [-0.2, 0) is 19.2 Å². The molecular formula is C39H80O11. The first kappa shape index (κ1) is 57.1. The lowest BCUT2D eigenvalue weighted by molar-refractivity contribution is -0.138. The molecule has 11 nitrogen and oxygen atoms in total.